The van der Waals surface area contributed by atoms with Gasteiger partial charge in [-0.25, -0.2) is 4.98 Å². The number of hydrogen-bond donors (Lipinski definition) is 0. The molecule has 6 heteroatoms. The molecule has 24 heavy (non-hydrogen) atoms. The molecule has 0 saturated carbocycles. The molecule has 1 aliphatic heterocycles. The second-order valence-corrected chi connectivity index (χ2v) is 6.82. The number of thiazole rings is 1. The fourth-order valence-corrected chi connectivity index (χ4v) is 3.54. The Morgan fingerprint density at radius 3 is 2.92 bits per heavy atom. The summed E-state index contributed by atoms with van der Waals surface area (Å²) < 4.78 is 10.6. The van der Waals surface area contributed by atoms with E-state index in [1.807, 2.05) is 41.5 Å². The van der Waals surface area contributed by atoms with Crippen LogP contribution in [0.3, 0.4) is 0 Å². The van der Waals surface area contributed by atoms with Gasteiger partial charge >= 0.3 is 0 Å². The van der Waals surface area contributed by atoms with E-state index in [-0.39, 0.29) is 12.0 Å². The van der Waals surface area contributed by atoms with Gasteiger partial charge in [0.1, 0.15) is 5.75 Å². The molecule has 2 aromatic rings. The van der Waals surface area contributed by atoms with Crippen molar-refractivity contribution in [1.82, 2.24) is 9.88 Å². The Morgan fingerprint density at radius 1 is 1.42 bits per heavy atom. The van der Waals surface area contributed by atoms with Gasteiger partial charge in [-0.05, 0) is 31.2 Å². The SMILES string of the molecule is COc1ccc(-c2csc(CCC(=O)N3CCOC(C)C3)n2)cc1. The standard InChI is InChI=1S/C18H22N2O3S/c1-13-11-20(9-10-23-13)18(21)8-7-17-19-16(12-24-17)14-3-5-15(22-2)6-4-14/h3-6,12-13H,7-11H2,1-2H3. The number of amides is 1. The van der Waals surface area contributed by atoms with E-state index in [4.69, 9.17) is 9.47 Å². The zero-order valence-corrected chi connectivity index (χ0v) is 14.8. The van der Waals surface area contributed by atoms with Crippen LogP contribution in [0.2, 0.25) is 0 Å². The summed E-state index contributed by atoms with van der Waals surface area (Å²) in [5.41, 5.74) is 2.01. The summed E-state index contributed by atoms with van der Waals surface area (Å²) in [4.78, 5) is 18.8. The fourth-order valence-electron chi connectivity index (χ4n) is 2.74. The first kappa shape index (κ1) is 16.9. The lowest BCUT2D eigenvalue weighted by atomic mass is 10.2. The second-order valence-electron chi connectivity index (χ2n) is 5.88. The molecule has 2 heterocycles. The Labute approximate surface area is 146 Å². The summed E-state index contributed by atoms with van der Waals surface area (Å²) in [5.74, 6) is 1.02. The van der Waals surface area contributed by atoms with Gasteiger partial charge in [0.25, 0.3) is 0 Å². The quantitative estimate of drug-likeness (QED) is 0.835. The normalized spacial score (nSPS) is 17.8. The Bertz CT molecular complexity index is 684. The number of rotatable bonds is 5. The minimum atomic E-state index is 0.129. The largest absolute Gasteiger partial charge is 0.497 e. The fraction of sp³-hybridized carbons (Fsp3) is 0.444. The molecule has 0 aliphatic carbocycles. The molecule has 1 unspecified atom stereocenters. The van der Waals surface area contributed by atoms with Crippen molar-refractivity contribution in [1.29, 1.82) is 0 Å². The van der Waals surface area contributed by atoms with Gasteiger partial charge in [-0.15, -0.1) is 11.3 Å². The smallest absolute Gasteiger partial charge is 0.223 e. The molecule has 0 radical (unpaired) electrons. The molecular weight excluding hydrogens is 324 g/mol. The highest BCUT2D eigenvalue weighted by molar-refractivity contribution is 7.09. The van der Waals surface area contributed by atoms with Crippen LogP contribution in [-0.4, -0.2) is 48.7 Å². The molecule has 0 spiro atoms. The van der Waals surface area contributed by atoms with E-state index >= 15 is 0 Å². The van der Waals surface area contributed by atoms with Crippen LogP contribution in [0.25, 0.3) is 11.3 Å². The highest BCUT2D eigenvalue weighted by atomic mass is 32.1. The van der Waals surface area contributed by atoms with E-state index in [2.05, 4.69) is 4.98 Å². The predicted octanol–water partition coefficient (Wildman–Crippen LogP) is 3.00. The Kier molecular flexibility index (Phi) is 5.48. The molecular formula is C18H22N2O3S. The van der Waals surface area contributed by atoms with Crippen molar-refractivity contribution >= 4 is 17.2 Å². The maximum Gasteiger partial charge on any atom is 0.223 e. The second kappa shape index (κ2) is 7.77. The number of aryl methyl sites for hydroxylation is 1. The number of morpholine rings is 1. The summed E-state index contributed by atoms with van der Waals surface area (Å²) in [6.07, 6.45) is 1.32. The van der Waals surface area contributed by atoms with Gasteiger partial charge in [-0.3, -0.25) is 4.79 Å². The summed E-state index contributed by atoms with van der Waals surface area (Å²) in [6.45, 7) is 4.01. The molecule has 1 aromatic heterocycles. The van der Waals surface area contributed by atoms with Crippen LogP contribution in [0.1, 0.15) is 18.4 Å². The van der Waals surface area contributed by atoms with Crippen LogP contribution in [0, 0.1) is 0 Å². The van der Waals surface area contributed by atoms with E-state index in [0.29, 0.717) is 32.5 Å². The Balaban J connectivity index is 1.56. The van der Waals surface area contributed by atoms with Crippen molar-refractivity contribution < 1.29 is 14.3 Å². The van der Waals surface area contributed by atoms with Gasteiger partial charge in [-0.2, -0.15) is 0 Å². The number of methoxy groups -OCH3 is 1. The maximum absolute atomic E-state index is 12.3. The van der Waals surface area contributed by atoms with Crippen LogP contribution in [0.4, 0.5) is 0 Å². The van der Waals surface area contributed by atoms with Gasteiger partial charge in [0.05, 0.1) is 30.5 Å². The van der Waals surface area contributed by atoms with Crippen molar-refractivity contribution in [3.8, 4) is 17.0 Å². The summed E-state index contributed by atoms with van der Waals surface area (Å²) in [6, 6.07) is 7.85. The molecule has 1 atom stereocenters. The van der Waals surface area contributed by atoms with Crippen LogP contribution >= 0.6 is 11.3 Å². The maximum atomic E-state index is 12.3. The highest BCUT2D eigenvalue weighted by Crippen LogP contribution is 2.24. The van der Waals surface area contributed by atoms with Crippen molar-refractivity contribution in [2.75, 3.05) is 26.8 Å². The molecule has 1 saturated heterocycles. The van der Waals surface area contributed by atoms with Crippen LogP contribution < -0.4 is 4.74 Å². The number of carbonyl (C=O) groups excluding carboxylic acids is 1. The predicted molar refractivity (Wildman–Crippen MR) is 94.4 cm³/mol. The zero-order valence-electron chi connectivity index (χ0n) is 14.0. The molecule has 1 aromatic carbocycles. The van der Waals surface area contributed by atoms with Crippen molar-refractivity contribution in [3.63, 3.8) is 0 Å². The summed E-state index contributed by atoms with van der Waals surface area (Å²) in [7, 11) is 1.65. The van der Waals surface area contributed by atoms with Crippen LogP contribution in [0.5, 0.6) is 5.75 Å². The molecule has 1 amide bonds. The average molecular weight is 346 g/mol. The monoisotopic (exact) mass is 346 g/mol. The van der Waals surface area contributed by atoms with E-state index in [1.54, 1.807) is 18.4 Å². The van der Waals surface area contributed by atoms with E-state index in [1.165, 1.54) is 0 Å². The van der Waals surface area contributed by atoms with Crippen molar-refractivity contribution in [3.05, 3.63) is 34.7 Å². The number of benzene rings is 1. The Hall–Kier alpha value is -1.92. The molecule has 128 valence electrons. The number of hydrogen-bond acceptors (Lipinski definition) is 5. The van der Waals surface area contributed by atoms with E-state index < -0.39 is 0 Å². The van der Waals surface area contributed by atoms with Crippen molar-refractivity contribution in [2.24, 2.45) is 0 Å². The van der Waals surface area contributed by atoms with E-state index in [9.17, 15) is 4.79 Å². The topological polar surface area (TPSA) is 51.7 Å². The first-order valence-corrected chi connectivity index (χ1v) is 9.02. The molecule has 5 nitrogen and oxygen atoms in total. The minimum absolute atomic E-state index is 0.129. The third kappa shape index (κ3) is 4.13. The lowest BCUT2D eigenvalue weighted by Crippen LogP contribution is -2.44. The van der Waals surface area contributed by atoms with Gasteiger partial charge in [0.2, 0.25) is 5.91 Å². The van der Waals surface area contributed by atoms with Crippen molar-refractivity contribution in [2.45, 2.75) is 25.9 Å². The van der Waals surface area contributed by atoms with Gasteiger partial charge < -0.3 is 14.4 Å². The number of carbonyl (C=O) groups is 1. The van der Waals surface area contributed by atoms with Gasteiger partial charge in [0, 0.05) is 36.9 Å². The Morgan fingerprint density at radius 2 is 2.21 bits per heavy atom. The summed E-state index contributed by atoms with van der Waals surface area (Å²) in [5, 5.41) is 3.04. The van der Waals surface area contributed by atoms with Gasteiger partial charge in [-0.1, -0.05) is 0 Å². The average Bonchev–Trinajstić information content (AvgIpc) is 3.09. The molecule has 0 N–H and O–H groups in total. The highest BCUT2D eigenvalue weighted by Gasteiger charge is 2.21. The third-order valence-electron chi connectivity index (χ3n) is 4.08. The molecule has 1 fully saturated rings. The number of nitrogens with zero attached hydrogens (tertiary/aromatic N) is 2. The molecule has 3 rings (SSSR count). The first-order valence-electron chi connectivity index (χ1n) is 8.14. The minimum Gasteiger partial charge on any atom is -0.497 e. The first-order chi connectivity index (χ1) is 11.7. The number of aromatic nitrogens is 1. The lowest BCUT2D eigenvalue weighted by molar-refractivity contribution is -0.138. The van der Waals surface area contributed by atoms with Crippen LogP contribution in [-0.2, 0) is 16.0 Å². The number of ether oxygens (including phenoxy) is 2. The lowest BCUT2D eigenvalue weighted by Gasteiger charge is -2.31. The molecule has 1 aliphatic rings. The van der Waals surface area contributed by atoms with Crippen LogP contribution in [0.15, 0.2) is 29.6 Å². The zero-order chi connectivity index (χ0) is 16.9. The molecule has 0 bridgehead atoms. The van der Waals surface area contributed by atoms with E-state index in [0.717, 1.165) is 22.0 Å². The third-order valence-corrected chi connectivity index (χ3v) is 4.99. The van der Waals surface area contributed by atoms with Gasteiger partial charge in [0.15, 0.2) is 0 Å². The summed E-state index contributed by atoms with van der Waals surface area (Å²) >= 11 is 1.61.